The third-order valence-corrected chi connectivity index (χ3v) is 4.98. The van der Waals surface area contributed by atoms with E-state index in [2.05, 4.69) is 20.5 Å². The highest BCUT2D eigenvalue weighted by molar-refractivity contribution is 6.30. The summed E-state index contributed by atoms with van der Waals surface area (Å²) in [6.07, 6.45) is 2.03. The number of hydrogen-bond acceptors (Lipinski definition) is 4. The number of pyridine rings is 1. The summed E-state index contributed by atoms with van der Waals surface area (Å²) in [6.45, 7) is 1.91. The van der Waals surface area contributed by atoms with Crippen molar-refractivity contribution in [3.8, 4) is 11.4 Å². The summed E-state index contributed by atoms with van der Waals surface area (Å²) in [5, 5.41) is 12.5. The van der Waals surface area contributed by atoms with E-state index in [1.165, 1.54) is 0 Å². The fraction of sp³-hybridized carbons (Fsp3) is 0.294. The van der Waals surface area contributed by atoms with E-state index in [0.29, 0.717) is 17.4 Å². The Kier molecular flexibility index (Phi) is 3.61. The fourth-order valence-corrected chi connectivity index (χ4v) is 3.78. The van der Waals surface area contributed by atoms with E-state index in [4.69, 9.17) is 11.6 Å². The van der Waals surface area contributed by atoms with E-state index in [-0.39, 0.29) is 11.8 Å². The maximum Gasteiger partial charge on any atom is 0.226 e. The first-order chi connectivity index (χ1) is 12.0. The van der Waals surface area contributed by atoms with Gasteiger partial charge in [-0.15, -0.1) is 0 Å². The number of fused-ring (bicyclic) bond motifs is 1. The van der Waals surface area contributed by atoms with Crippen molar-refractivity contribution in [1.82, 2.24) is 24.5 Å². The Morgan fingerprint density at radius 1 is 1.20 bits per heavy atom. The molecule has 0 aliphatic carbocycles. The first-order valence-corrected chi connectivity index (χ1v) is 8.32. The van der Waals surface area contributed by atoms with Gasteiger partial charge in [-0.05, 0) is 19.1 Å². The monoisotopic (exact) mass is 356 g/mol. The summed E-state index contributed by atoms with van der Waals surface area (Å²) in [5.41, 5.74) is 4.12. The molecule has 128 valence electrons. The zero-order valence-corrected chi connectivity index (χ0v) is 14.9. The smallest absolute Gasteiger partial charge is 0.226 e. The van der Waals surface area contributed by atoms with Crippen LogP contribution in [0.2, 0.25) is 5.15 Å². The van der Waals surface area contributed by atoms with Crippen molar-refractivity contribution >= 4 is 23.3 Å². The van der Waals surface area contributed by atoms with Crippen molar-refractivity contribution in [2.75, 3.05) is 5.32 Å². The number of anilines is 1. The predicted octanol–water partition coefficient (Wildman–Crippen LogP) is 2.65. The van der Waals surface area contributed by atoms with Gasteiger partial charge in [0.25, 0.3) is 0 Å². The molecular formula is C17H17ClN6O. The minimum absolute atomic E-state index is 0.0626. The standard InChI is InChI=1S/C17H17ClN6O/c1-9-13(16(18)23(2)21-9)10-8-12(25)20-17-14(10)15(22-24(17)3)11-6-4-5-7-19-11/h4-7,10H,8H2,1-3H3,(H,20,25)/t10-/m0/s1. The van der Waals surface area contributed by atoms with Crippen LogP contribution < -0.4 is 5.32 Å². The Morgan fingerprint density at radius 3 is 2.64 bits per heavy atom. The molecule has 0 unspecified atom stereocenters. The number of carbonyl (C=O) groups excluding carboxylic acids is 1. The molecule has 3 aromatic rings. The summed E-state index contributed by atoms with van der Waals surface area (Å²) in [4.78, 5) is 16.7. The largest absolute Gasteiger partial charge is 0.311 e. The number of rotatable bonds is 2. The van der Waals surface area contributed by atoms with E-state index < -0.39 is 0 Å². The van der Waals surface area contributed by atoms with Crippen LogP contribution in [0.5, 0.6) is 0 Å². The van der Waals surface area contributed by atoms with E-state index in [9.17, 15) is 4.79 Å². The van der Waals surface area contributed by atoms with Gasteiger partial charge >= 0.3 is 0 Å². The van der Waals surface area contributed by atoms with Crippen LogP contribution in [-0.2, 0) is 18.9 Å². The number of hydrogen-bond donors (Lipinski definition) is 1. The minimum atomic E-state index is -0.212. The highest BCUT2D eigenvalue weighted by Gasteiger charge is 2.36. The molecular weight excluding hydrogens is 340 g/mol. The third kappa shape index (κ3) is 2.42. The lowest BCUT2D eigenvalue weighted by molar-refractivity contribution is -0.116. The molecule has 25 heavy (non-hydrogen) atoms. The van der Waals surface area contributed by atoms with Crippen LogP contribution in [0.4, 0.5) is 5.82 Å². The molecule has 3 aromatic heterocycles. The fourth-order valence-electron chi connectivity index (χ4n) is 3.47. The molecule has 0 fully saturated rings. The van der Waals surface area contributed by atoms with E-state index in [0.717, 1.165) is 28.2 Å². The zero-order chi connectivity index (χ0) is 17.7. The molecule has 0 bridgehead atoms. The van der Waals surface area contributed by atoms with Crippen molar-refractivity contribution in [2.45, 2.75) is 19.3 Å². The molecule has 1 N–H and O–H groups in total. The van der Waals surface area contributed by atoms with Gasteiger partial charge in [0.1, 0.15) is 16.7 Å². The summed E-state index contributed by atoms with van der Waals surface area (Å²) >= 11 is 6.49. The normalized spacial score (nSPS) is 16.6. The number of aryl methyl sites for hydroxylation is 3. The van der Waals surface area contributed by atoms with E-state index >= 15 is 0 Å². The van der Waals surface area contributed by atoms with E-state index in [1.54, 1.807) is 22.6 Å². The molecule has 4 rings (SSSR count). The molecule has 0 spiro atoms. The predicted molar refractivity (Wildman–Crippen MR) is 94.5 cm³/mol. The van der Waals surface area contributed by atoms with Crippen LogP contribution in [0.3, 0.4) is 0 Å². The molecule has 0 aromatic carbocycles. The topological polar surface area (TPSA) is 77.6 Å². The lowest BCUT2D eigenvalue weighted by Gasteiger charge is -2.24. The van der Waals surface area contributed by atoms with Gasteiger partial charge in [-0.25, -0.2) is 0 Å². The highest BCUT2D eigenvalue weighted by Crippen LogP contribution is 2.44. The van der Waals surface area contributed by atoms with Crippen molar-refractivity contribution in [3.05, 3.63) is 46.4 Å². The van der Waals surface area contributed by atoms with Gasteiger partial charge in [0.05, 0.1) is 11.4 Å². The van der Waals surface area contributed by atoms with Crippen molar-refractivity contribution in [1.29, 1.82) is 0 Å². The molecule has 1 amide bonds. The number of aromatic nitrogens is 5. The van der Waals surface area contributed by atoms with Gasteiger partial charge in [0, 0.05) is 43.8 Å². The van der Waals surface area contributed by atoms with Crippen molar-refractivity contribution in [2.24, 2.45) is 14.1 Å². The van der Waals surface area contributed by atoms with Crippen LogP contribution in [0.1, 0.15) is 29.2 Å². The van der Waals surface area contributed by atoms with Crippen LogP contribution in [0.25, 0.3) is 11.4 Å². The molecule has 1 aliphatic heterocycles. The number of halogens is 1. The van der Waals surface area contributed by atoms with Gasteiger partial charge < -0.3 is 5.32 Å². The van der Waals surface area contributed by atoms with Crippen LogP contribution in [0.15, 0.2) is 24.4 Å². The Labute approximate surface area is 149 Å². The summed E-state index contributed by atoms with van der Waals surface area (Å²) in [7, 11) is 3.61. The lowest BCUT2D eigenvalue weighted by Crippen LogP contribution is -2.25. The molecule has 0 saturated carbocycles. The number of nitrogens with one attached hydrogen (secondary N) is 1. The molecule has 1 atom stereocenters. The quantitative estimate of drug-likeness (QED) is 0.765. The second-order valence-corrected chi connectivity index (χ2v) is 6.53. The van der Waals surface area contributed by atoms with Crippen molar-refractivity contribution in [3.63, 3.8) is 0 Å². The molecule has 0 radical (unpaired) electrons. The highest BCUT2D eigenvalue weighted by atomic mass is 35.5. The molecule has 0 saturated heterocycles. The number of nitrogens with zero attached hydrogens (tertiary/aromatic N) is 5. The average molecular weight is 357 g/mol. The SMILES string of the molecule is Cc1nn(C)c(Cl)c1[C@@H]1CC(=O)Nc2c1c(-c1ccccn1)nn2C. The van der Waals surface area contributed by atoms with Gasteiger partial charge in [-0.2, -0.15) is 10.2 Å². The number of amides is 1. The van der Waals surface area contributed by atoms with Gasteiger partial charge in [0.2, 0.25) is 5.91 Å². The van der Waals surface area contributed by atoms with Gasteiger partial charge in [-0.1, -0.05) is 17.7 Å². The second kappa shape index (κ2) is 5.70. The molecule has 7 nitrogen and oxygen atoms in total. The third-order valence-electron chi connectivity index (χ3n) is 4.53. The van der Waals surface area contributed by atoms with Crippen molar-refractivity contribution < 1.29 is 4.79 Å². The molecule has 8 heteroatoms. The zero-order valence-electron chi connectivity index (χ0n) is 14.1. The van der Waals surface area contributed by atoms with Crippen LogP contribution in [-0.4, -0.2) is 30.5 Å². The van der Waals surface area contributed by atoms with E-state index in [1.807, 2.05) is 32.2 Å². The Morgan fingerprint density at radius 2 is 2.00 bits per heavy atom. The second-order valence-electron chi connectivity index (χ2n) is 6.17. The first-order valence-electron chi connectivity index (χ1n) is 7.94. The maximum atomic E-state index is 12.3. The molecule has 4 heterocycles. The van der Waals surface area contributed by atoms with Gasteiger partial charge in [-0.3, -0.25) is 19.1 Å². The Balaban J connectivity index is 1.98. The van der Waals surface area contributed by atoms with Gasteiger partial charge in [0.15, 0.2) is 0 Å². The average Bonchev–Trinajstić information content (AvgIpc) is 3.05. The Hall–Kier alpha value is -2.67. The Bertz CT molecular complexity index is 975. The summed E-state index contributed by atoms with van der Waals surface area (Å²) in [5.74, 6) is 0.407. The lowest BCUT2D eigenvalue weighted by atomic mass is 9.85. The maximum absolute atomic E-state index is 12.3. The van der Waals surface area contributed by atoms with Crippen LogP contribution in [0, 0.1) is 6.92 Å². The summed E-state index contributed by atoms with van der Waals surface area (Å²) in [6, 6.07) is 5.69. The van der Waals surface area contributed by atoms with Crippen LogP contribution >= 0.6 is 11.6 Å². The first kappa shape index (κ1) is 15.8. The number of carbonyl (C=O) groups is 1. The minimum Gasteiger partial charge on any atom is -0.311 e. The summed E-state index contributed by atoms with van der Waals surface area (Å²) < 4.78 is 3.32. The molecule has 1 aliphatic rings.